The standard InChI is InChI=1S/C19H14BrF2NO4/c1-3-26-16-8-10(6-13(20)17(16)25-2)7-15-19(24)27-18(23-15)12-5-4-11(21)9-14(12)22/h4-9H,3H2,1-2H3. The highest BCUT2D eigenvalue weighted by Crippen LogP contribution is 2.37. The molecule has 0 radical (unpaired) electrons. The molecule has 0 aliphatic carbocycles. The summed E-state index contributed by atoms with van der Waals surface area (Å²) in [7, 11) is 1.52. The molecule has 8 heteroatoms. The quantitative estimate of drug-likeness (QED) is 0.511. The summed E-state index contributed by atoms with van der Waals surface area (Å²) in [4.78, 5) is 16.1. The minimum atomic E-state index is -0.867. The van der Waals surface area contributed by atoms with Gasteiger partial charge in [0.15, 0.2) is 17.2 Å². The Balaban J connectivity index is 1.99. The molecule has 0 unspecified atom stereocenters. The number of aliphatic imine (C=N–C) groups is 1. The zero-order chi connectivity index (χ0) is 19.6. The highest BCUT2D eigenvalue weighted by molar-refractivity contribution is 9.10. The second-order valence-electron chi connectivity index (χ2n) is 5.43. The van der Waals surface area contributed by atoms with Crippen molar-refractivity contribution in [3.63, 3.8) is 0 Å². The number of esters is 1. The highest BCUT2D eigenvalue weighted by atomic mass is 79.9. The molecule has 2 aromatic rings. The maximum atomic E-state index is 13.9. The summed E-state index contributed by atoms with van der Waals surface area (Å²) in [6.45, 7) is 2.26. The average molecular weight is 438 g/mol. The number of carbonyl (C=O) groups is 1. The van der Waals surface area contributed by atoms with Crippen LogP contribution in [0.25, 0.3) is 6.08 Å². The van der Waals surface area contributed by atoms with E-state index in [0.717, 1.165) is 12.1 Å². The van der Waals surface area contributed by atoms with E-state index < -0.39 is 17.6 Å². The van der Waals surface area contributed by atoms with E-state index in [9.17, 15) is 13.6 Å². The average Bonchev–Trinajstić information content (AvgIpc) is 2.95. The van der Waals surface area contributed by atoms with Crippen LogP contribution >= 0.6 is 15.9 Å². The van der Waals surface area contributed by atoms with Crippen molar-refractivity contribution in [1.29, 1.82) is 0 Å². The van der Waals surface area contributed by atoms with E-state index in [1.165, 1.54) is 13.2 Å². The molecule has 0 N–H and O–H groups in total. The molecule has 0 amide bonds. The second-order valence-corrected chi connectivity index (χ2v) is 6.28. The Labute approximate surface area is 162 Å². The topological polar surface area (TPSA) is 57.1 Å². The molecule has 5 nitrogen and oxygen atoms in total. The maximum absolute atomic E-state index is 13.9. The molecule has 0 aromatic heterocycles. The molecule has 1 heterocycles. The summed E-state index contributed by atoms with van der Waals surface area (Å²) in [5.74, 6) is -1.55. The summed E-state index contributed by atoms with van der Waals surface area (Å²) in [6.07, 6.45) is 1.48. The first kappa shape index (κ1) is 19.0. The Morgan fingerprint density at radius 1 is 1.26 bits per heavy atom. The summed E-state index contributed by atoms with van der Waals surface area (Å²) in [5.41, 5.74) is 0.481. The van der Waals surface area contributed by atoms with Crippen molar-refractivity contribution < 1.29 is 27.8 Å². The fourth-order valence-electron chi connectivity index (χ4n) is 2.48. The minimum Gasteiger partial charge on any atom is -0.492 e. The molecule has 1 aliphatic heterocycles. The van der Waals surface area contributed by atoms with Gasteiger partial charge in [0.1, 0.15) is 11.6 Å². The van der Waals surface area contributed by atoms with Crippen LogP contribution in [-0.4, -0.2) is 25.6 Å². The summed E-state index contributed by atoms with van der Waals surface area (Å²) >= 11 is 3.39. The van der Waals surface area contributed by atoms with Gasteiger partial charge >= 0.3 is 5.97 Å². The predicted molar refractivity (Wildman–Crippen MR) is 98.8 cm³/mol. The minimum absolute atomic E-state index is 0.0201. The van der Waals surface area contributed by atoms with Crippen LogP contribution < -0.4 is 9.47 Å². The zero-order valence-electron chi connectivity index (χ0n) is 14.4. The van der Waals surface area contributed by atoms with E-state index in [4.69, 9.17) is 14.2 Å². The van der Waals surface area contributed by atoms with Crippen LogP contribution in [0.1, 0.15) is 18.1 Å². The van der Waals surface area contributed by atoms with Gasteiger partial charge in [-0.25, -0.2) is 18.6 Å². The Bertz CT molecular complexity index is 972. The largest absolute Gasteiger partial charge is 0.492 e. The third-order valence-electron chi connectivity index (χ3n) is 3.62. The van der Waals surface area contributed by atoms with E-state index >= 15 is 0 Å². The molecule has 0 bridgehead atoms. The summed E-state index contributed by atoms with van der Waals surface area (Å²) in [5, 5.41) is 0. The lowest BCUT2D eigenvalue weighted by atomic mass is 10.1. The van der Waals surface area contributed by atoms with Crippen LogP contribution in [-0.2, 0) is 9.53 Å². The van der Waals surface area contributed by atoms with E-state index in [1.54, 1.807) is 12.1 Å². The van der Waals surface area contributed by atoms with Crippen molar-refractivity contribution in [2.75, 3.05) is 13.7 Å². The number of cyclic esters (lactones) is 1. The molecule has 0 fully saturated rings. The lowest BCUT2D eigenvalue weighted by molar-refractivity contribution is -0.129. The Hall–Kier alpha value is -2.74. The first-order valence-electron chi connectivity index (χ1n) is 7.91. The molecule has 1 aliphatic rings. The summed E-state index contributed by atoms with van der Waals surface area (Å²) < 4.78 is 43.4. The molecule has 140 valence electrons. The third-order valence-corrected chi connectivity index (χ3v) is 4.21. The van der Waals surface area contributed by atoms with Crippen molar-refractivity contribution in [3.05, 3.63) is 63.3 Å². The van der Waals surface area contributed by atoms with Crippen molar-refractivity contribution in [2.45, 2.75) is 6.92 Å². The van der Waals surface area contributed by atoms with Gasteiger partial charge in [-0.05, 0) is 58.8 Å². The number of methoxy groups -OCH3 is 1. The molecule has 0 saturated heterocycles. The molecule has 27 heavy (non-hydrogen) atoms. The molecular weight excluding hydrogens is 424 g/mol. The van der Waals surface area contributed by atoms with Gasteiger partial charge in [0.2, 0.25) is 5.90 Å². The fourth-order valence-corrected chi connectivity index (χ4v) is 3.10. The van der Waals surface area contributed by atoms with Crippen molar-refractivity contribution >= 4 is 33.9 Å². The van der Waals surface area contributed by atoms with Crippen molar-refractivity contribution in [3.8, 4) is 11.5 Å². The fraction of sp³-hybridized carbons (Fsp3) is 0.158. The van der Waals surface area contributed by atoms with Gasteiger partial charge in [-0.3, -0.25) is 0 Å². The number of halogens is 3. The smallest absolute Gasteiger partial charge is 0.363 e. The molecular formula is C19H14BrF2NO4. The van der Waals surface area contributed by atoms with Gasteiger partial charge in [-0.1, -0.05) is 0 Å². The van der Waals surface area contributed by atoms with Crippen LogP contribution in [0.15, 0.2) is 45.5 Å². The SMILES string of the molecule is CCOc1cc(C=C2N=C(c3ccc(F)cc3F)OC2=O)cc(Br)c1OC. The molecule has 2 aromatic carbocycles. The Morgan fingerprint density at radius 2 is 2.04 bits per heavy atom. The summed E-state index contributed by atoms with van der Waals surface area (Å²) in [6, 6.07) is 6.32. The monoisotopic (exact) mass is 437 g/mol. The number of nitrogens with zero attached hydrogens (tertiary/aromatic N) is 1. The second kappa shape index (κ2) is 7.87. The van der Waals surface area contributed by atoms with E-state index in [0.29, 0.717) is 34.2 Å². The van der Waals surface area contributed by atoms with Crippen molar-refractivity contribution in [2.24, 2.45) is 4.99 Å². The van der Waals surface area contributed by atoms with E-state index in [2.05, 4.69) is 20.9 Å². The van der Waals surface area contributed by atoms with Gasteiger partial charge in [0.25, 0.3) is 0 Å². The van der Waals surface area contributed by atoms with Gasteiger partial charge in [-0.15, -0.1) is 0 Å². The van der Waals surface area contributed by atoms with Crippen LogP contribution in [0, 0.1) is 11.6 Å². The lowest BCUT2D eigenvalue weighted by Gasteiger charge is -2.12. The van der Waals surface area contributed by atoms with Crippen LogP contribution in [0.5, 0.6) is 11.5 Å². The van der Waals surface area contributed by atoms with Crippen molar-refractivity contribution in [1.82, 2.24) is 0 Å². The zero-order valence-corrected chi connectivity index (χ0v) is 16.0. The Kier molecular flexibility index (Phi) is 5.55. The molecule has 3 rings (SSSR count). The lowest BCUT2D eigenvalue weighted by Crippen LogP contribution is -2.07. The molecule has 0 atom stereocenters. The number of hydrogen-bond donors (Lipinski definition) is 0. The number of rotatable bonds is 5. The number of benzene rings is 2. The maximum Gasteiger partial charge on any atom is 0.363 e. The Morgan fingerprint density at radius 3 is 2.70 bits per heavy atom. The van der Waals surface area contributed by atoms with E-state index in [1.807, 2.05) is 6.92 Å². The van der Waals surface area contributed by atoms with Gasteiger partial charge in [0.05, 0.1) is 23.8 Å². The number of carbonyl (C=O) groups excluding carboxylic acids is 1. The van der Waals surface area contributed by atoms with E-state index in [-0.39, 0.29) is 17.2 Å². The first-order chi connectivity index (χ1) is 12.9. The molecule has 0 spiro atoms. The van der Waals surface area contributed by atoms with Crippen LogP contribution in [0.3, 0.4) is 0 Å². The first-order valence-corrected chi connectivity index (χ1v) is 8.70. The number of hydrogen-bond acceptors (Lipinski definition) is 5. The van der Waals surface area contributed by atoms with Gasteiger partial charge in [-0.2, -0.15) is 0 Å². The van der Waals surface area contributed by atoms with Gasteiger partial charge < -0.3 is 14.2 Å². The third kappa shape index (κ3) is 4.00. The predicted octanol–water partition coefficient (Wildman–Crippen LogP) is 4.48. The van der Waals surface area contributed by atoms with Crippen LogP contribution in [0.4, 0.5) is 8.78 Å². The number of ether oxygens (including phenoxy) is 3. The normalized spacial score (nSPS) is 14.9. The molecule has 0 saturated carbocycles. The van der Waals surface area contributed by atoms with Gasteiger partial charge in [0, 0.05) is 6.07 Å². The highest BCUT2D eigenvalue weighted by Gasteiger charge is 2.26. The van der Waals surface area contributed by atoms with Crippen LogP contribution in [0.2, 0.25) is 0 Å².